The molecule has 2 N–H and O–H groups in total. The van der Waals surface area contributed by atoms with Crippen molar-refractivity contribution in [3.63, 3.8) is 0 Å². The topological polar surface area (TPSA) is 92.0 Å². The summed E-state index contributed by atoms with van der Waals surface area (Å²) in [6.07, 6.45) is 4.63. The van der Waals surface area contributed by atoms with Crippen molar-refractivity contribution in [3.8, 4) is 11.3 Å². The van der Waals surface area contributed by atoms with Crippen LogP contribution in [0.2, 0.25) is 0 Å². The molecule has 0 aliphatic carbocycles. The number of urea groups is 1. The van der Waals surface area contributed by atoms with Crippen molar-refractivity contribution in [2.45, 2.75) is 52.1 Å². The molecular formula is C23H32N2O5. The van der Waals surface area contributed by atoms with Crippen LogP contribution in [0.25, 0.3) is 11.3 Å². The molecule has 7 heteroatoms. The van der Waals surface area contributed by atoms with Crippen LogP contribution in [0.4, 0.5) is 10.5 Å². The molecule has 0 saturated carbocycles. The molecule has 7 nitrogen and oxygen atoms in total. The van der Waals surface area contributed by atoms with Crippen LogP contribution in [0, 0.1) is 0 Å². The first kappa shape index (κ1) is 23.5. The zero-order chi connectivity index (χ0) is 21.9. The molecule has 0 saturated heterocycles. The molecule has 0 aliphatic rings. The minimum atomic E-state index is -1.13. The molecule has 1 heterocycles. The van der Waals surface area contributed by atoms with E-state index in [-0.39, 0.29) is 18.4 Å². The first-order chi connectivity index (χ1) is 14.5. The number of anilines is 1. The molecule has 0 spiro atoms. The number of carboxylic acid groups (broad SMARTS) is 1. The molecular weight excluding hydrogens is 384 g/mol. The van der Waals surface area contributed by atoms with Gasteiger partial charge in [0.15, 0.2) is 0 Å². The van der Waals surface area contributed by atoms with Gasteiger partial charge in [-0.3, -0.25) is 4.90 Å². The molecule has 0 fully saturated rings. The van der Waals surface area contributed by atoms with Crippen molar-refractivity contribution in [2.24, 2.45) is 0 Å². The highest BCUT2D eigenvalue weighted by Crippen LogP contribution is 2.28. The number of carboxylic acids is 1. The molecule has 1 atom stereocenters. The Morgan fingerprint density at radius 3 is 2.40 bits per heavy atom. The summed E-state index contributed by atoms with van der Waals surface area (Å²) >= 11 is 0. The van der Waals surface area contributed by atoms with Gasteiger partial charge >= 0.3 is 12.0 Å². The van der Waals surface area contributed by atoms with E-state index in [1.165, 1.54) is 19.3 Å². The first-order valence-corrected chi connectivity index (χ1v) is 10.5. The Hall–Kier alpha value is -2.80. The maximum absolute atomic E-state index is 12.3. The van der Waals surface area contributed by atoms with Gasteiger partial charge in [-0.1, -0.05) is 32.6 Å². The number of hydrogen-bond donors (Lipinski definition) is 2. The van der Waals surface area contributed by atoms with Crippen LogP contribution in [0.5, 0.6) is 0 Å². The van der Waals surface area contributed by atoms with Crippen molar-refractivity contribution in [3.05, 3.63) is 42.2 Å². The van der Waals surface area contributed by atoms with Crippen molar-refractivity contribution in [1.29, 1.82) is 0 Å². The van der Waals surface area contributed by atoms with Gasteiger partial charge < -0.3 is 19.6 Å². The van der Waals surface area contributed by atoms with E-state index in [0.717, 1.165) is 24.1 Å². The third-order valence-electron chi connectivity index (χ3n) is 4.84. The van der Waals surface area contributed by atoms with Crippen molar-refractivity contribution < 1.29 is 23.8 Å². The summed E-state index contributed by atoms with van der Waals surface area (Å²) in [7, 11) is 1.73. The lowest BCUT2D eigenvalue weighted by Gasteiger charge is -2.18. The Morgan fingerprint density at radius 2 is 1.77 bits per heavy atom. The van der Waals surface area contributed by atoms with Gasteiger partial charge in [0.1, 0.15) is 11.5 Å². The van der Waals surface area contributed by atoms with Crippen LogP contribution in [-0.4, -0.2) is 37.3 Å². The summed E-state index contributed by atoms with van der Waals surface area (Å²) in [5.74, 6) is -0.299. The lowest BCUT2D eigenvalue weighted by molar-refractivity contribution is -0.151. The predicted molar refractivity (Wildman–Crippen MR) is 117 cm³/mol. The molecule has 0 bridgehead atoms. The average Bonchev–Trinajstić information content (AvgIpc) is 3.23. The number of carbonyl (C=O) groups is 2. The van der Waals surface area contributed by atoms with Crippen LogP contribution < -0.4 is 10.2 Å². The van der Waals surface area contributed by atoms with Gasteiger partial charge in [0.2, 0.25) is 6.10 Å². The largest absolute Gasteiger partial charge is 0.479 e. The van der Waals surface area contributed by atoms with E-state index >= 15 is 0 Å². The number of carbonyl (C=O) groups excluding carboxylic acids is 1. The third-order valence-corrected chi connectivity index (χ3v) is 4.84. The Morgan fingerprint density at radius 1 is 1.07 bits per heavy atom. The Balaban J connectivity index is 1.94. The van der Waals surface area contributed by atoms with Crippen molar-refractivity contribution in [2.75, 3.05) is 25.1 Å². The van der Waals surface area contributed by atoms with Gasteiger partial charge in [-0.25, -0.2) is 9.59 Å². The van der Waals surface area contributed by atoms with Gasteiger partial charge in [-0.15, -0.1) is 0 Å². The van der Waals surface area contributed by atoms with Crippen molar-refractivity contribution in [1.82, 2.24) is 5.32 Å². The first-order valence-electron chi connectivity index (χ1n) is 10.5. The Kier molecular flexibility index (Phi) is 9.41. The minimum absolute atomic E-state index is 0.139. The molecule has 2 aromatic rings. The third kappa shape index (κ3) is 6.62. The zero-order valence-electron chi connectivity index (χ0n) is 18.0. The van der Waals surface area contributed by atoms with Crippen LogP contribution in [0.15, 0.2) is 40.8 Å². The predicted octanol–water partition coefficient (Wildman–Crippen LogP) is 5.23. The molecule has 1 unspecified atom stereocenters. The Labute approximate surface area is 178 Å². The lowest BCUT2D eigenvalue weighted by atomic mass is 10.1. The molecule has 30 heavy (non-hydrogen) atoms. The summed E-state index contributed by atoms with van der Waals surface area (Å²) in [6.45, 7) is 4.86. The maximum Gasteiger partial charge on any atom is 0.340 e. The van der Waals surface area contributed by atoms with Gasteiger partial charge in [0.25, 0.3) is 0 Å². The maximum atomic E-state index is 12.3. The summed E-state index contributed by atoms with van der Waals surface area (Å²) in [6, 6.07) is 10.5. The summed E-state index contributed by atoms with van der Waals surface area (Å²) in [4.78, 5) is 25.2. The fraction of sp³-hybridized carbons (Fsp3) is 0.478. The van der Waals surface area contributed by atoms with E-state index in [0.29, 0.717) is 12.3 Å². The number of furan rings is 1. The van der Waals surface area contributed by atoms with Crippen LogP contribution in [-0.2, 0) is 9.53 Å². The number of ether oxygens (including phenoxy) is 1. The second-order valence-electron chi connectivity index (χ2n) is 7.13. The second-order valence-corrected chi connectivity index (χ2v) is 7.13. The minimum Gasteiger partial charge on any atom is -0.479 e. The van der Waals surface area contributed by atoms with E-state index in [9.17, 15) is 14.7 Å². The molecule has 2 rings (SSSR count). The molecule has 164 valence electrons. The number of benzene rings is 1. The standard InChI is InChI=1S/C23H32N2O5/c1-4-6-7-8-9-16-24-23(28)25(3)18-12-10-17(11-13-18)19-14-15-20(30-19)21(22(26)27)29-5-2/h10-15,21H,4-9,16H2,1-3H3,(H,24,28)(H,26,27). The molecule has 2 amide bonds. The van der Waals surface area contributed by atoms with Crippen LogP contribution in [0.3, 0.4) is 0 Å². The lowest BCUT2D eigenvalue weighted by Crippen LogP contribution is -2.37. The highest BCUT2D eigenvalue weighted by atomic mass is 16.5. The monoisotopic (exact) mass is 416 g/mol. The number of unbranched alkanes of at least 4 members (excludes halogenated alkanes) is 4. The number of rotatable bonds is 12. The van der Waals surface area contributed by atoms with Gasteiger partial charge in [0.05, 0.1) is 0 Å². The van der Waals surface area contributed by atoms with E-state index in [1.54, 1.807) is 31.0 Å². The molecule has 0 aliphatic heterocycles. The molecule has 1 aromatic carbocycles. The average molecular weight is 417 g/mol. The van der Waals surface area contributed by atoms with Gasteiger partial charge in [-0.2, -0.15) is 0 Å². The van der Waals surface area contributed by atoms with E-state index in [4.69, 9.17) is 9.15 Å². The van der Waals surface area contributed by atoms with Crippen LogP contribution in [0.1, 0.15) is 57.8 Å². The highest BCUT2D eigenvalue weighted by Gasteiger charge is 2.24. The van der Waals surface area contributed by atoms with Crippen molar-refractivity contribution >= 4 is 17.7 Å². The fourth-order valence-electron chi connectivity index (χ4n) is 3.10. The van der Waals surface area contributed by atoms with E-state index in [2.05, 4.69) is 12.2 Å². The second kappa shape index (κ2) is 12.0. The summed E-state index contributed by atoms with van der Waals surface area (Å²) < 4.78 is 10.9. The smallest absolute Gasteiger partial charge is 0.340 e. The normalized spacial score (nSPS) is 11.8. The highest BCUT2D eigenvalue weighted by molar-refractivity contribution is 5.91. The molecule has 0 radical (unpaired) electrons. The molecule has 1 aromatic heterocycles. The van der Waals surface area contributed by atoms with Gasteiger partial charge in [-0.05, 0) is 49.7 Å². The van der Waals surface area contributed by atoms with E-state index < -0.39 is 12.1 Å². The van der Waals surface area contributed by atoms with E-state index in [1.807, 2.05) is 24.3 Å². The number of nitrogens with one attached hydrogen (secondary N) is 1. The number of aliphatic carboxylic acids is 1. The summed E-state index contributed by atoms with van der Waals surface area (Å²) in [5.41, 5.74) is 1.54. The summed E-state index contributed by atoms with van der Waals surface area (Å²) in [5, 5.41) is 12.2. The fourth-order valence-corrected chi connectivity index (χ4v) is 3.10. The quantitative estimate of drug-likeness (QED) is 0.463. The number of nitrogens with zero attached hydrogens (tertiary/aromatic N) is 1. The number of amides is 2. The Bertz CT molecular complexity index is 800. The SMILES string of the molecule is CCCCCCCNC(=O)N(C)c1ccc(-c2ccc(C(OCC)C(=O)O)o2)cc1. The van der Waals surface area contributed by atoms with Gasteiger partial charge in [0, 0.05) is 31.5 Å². The zero-order valence-corrected chi connectivity index (χ0v) is 18.0. The number of hydrogen-bond acceptors (Lipinski definition) is 4. The van der Waals surface area contributed by atoms with Crippen LogP contribution >= 0.6 is 0 Å².